The van der Waals surface area contributed by atoms with Crippen LogP contribution in [-0.2, 0) is 11.2 Å². The quantitative estimate of drug-likeness (QED) is 0.755. The van der Waals surface area contributed by atoms with Crippen LogP contribution in [0.25, 0.3) is 0 Å². The van der Waals surface area contributed by atoms with Gasteiger partial charge in [0, 0.05) is 13.0 Å². The number of hydrogen-bond donors (Lipinski definition) is 1. The SMILES string of the molecule is CCOC(c1noc(CCC(CC)CCN)n1)C(C)(C)C. The summed E-state index contributed by atoms with van der Waals surface area (Å²) in [4.78, 5) is 4.53. The number of nitrogens with two attached hydrogens (primary N) is 1. The third-order valence-corrected chi connectivity index (χ3v) is 3.76. The molecule has 2 unspecified atom stereocenters. The van der Waals surface area contributed by atoms with Crippen molar-refractivity contribution in [1.82, 2.24) is 10.1 Å². The lowest BCUT2D eigenvalue weighted by molar-refractivity contribution is -0.0203. The molecule has 2 N–H and O–H groups in total. The van der Waals surface area contributed by atoms with E-state index in [4.69, 9.17) is 15.0 Å². The van der Waals surface area contributed by atoms with E-state index in [2.05, 4.69) is 37.8 Å². The number of nitrogens with zero attached hydrogens (tertiary/aromatic N) is 2. The minimum Gasteiger partial charge on any atom is -0.370 e. The molecule has 0 aliphatic rings. The van der Waals surface area contributed by atoms with Gasteiger partial charge in [-0.05, 0) is 37.6 Å². The van der Waals surface area contributed by atoms with Crippen LogP contribution in [0.2, 0.25) is 0 Å². The standard InChI is InChI=1S/C16H31N3O2/c1-6-12(10-11-17)8-9-13-18-15(19-21-13)14(20-7-2)16(3,4)5/h12,14H,6-11,17H2,1-5H3. The third-order valence-electron chi connectivity index (χ3n) is 3.76. The summed E-state index contributed by atoms with van der Waals surface area (Å²) < 4.78 is 11.2. The average Bonchev–Trinajstić information content (AvgIpc) is 2.87. The van der Waals surface area contributed by atoms with Crippen molar-refractivity contribution >= 4 is 0 Å². The molecular weight excluding hydrogens is 266 g/mol. The average molecular weight is 297 g/mol. The number of hydrogen-bond acceptors (Lipinski definition) is 5. The van der Waals surface area contributed by atoms with E-state index in [-0.39, 0.29) is 11.5 Å². The highest BCUT2D eigenvalue weighted by Gasteiger charge is 2.31. The van der Waals surface area contributed by atoms with Crippen molar-refractivity contribution in [2.45, 2.75) is 66.4 Å². The first kappa shape index (κ1) is 18.1. The summed E-state index contributed by atoms with van der Waals surface area (Å²) >= 11 is 0. The van der Waals surface area contributed by atoms with Crippen LogP contribution in [0.5, 0.6) is 0 Å². The van der Waals surface area contributed by atoms with E-state index in [9.17, 15) is 0 Å². The molecule has 2 atom stereocenters. The van der Waals surface area contributed by atoms with Crippen molar-refractivity contribution in [3.8, 4) is 0 Å². The van der Waals surface area contributed by atoms with E-state index in [1.807, 2.05) is 6.92 Å². The molecule has 1 aromatic rings. The van der Waals surface area contributed by atoms with Gasteiger partial charge < -0.3 is 15.0 Å². The zero-order chi connectivity index (χ0) is 15.9. The Bertz CT molecular complexity index is 398. The van der Waals surface area contributed by atoms with Crippen molar-refractivity contribution in [2.75, 3.05) is 13.2 Å². The van der Waals surface area contributed by atoms with Crippen LogP contribution in [0.4, 0.5) is 0 Å². The smallest absolute Gasteiger partial charge is 0.226 e. The van der Waals surface area contributed by atoms with Crippen molar-refractivity contribution in [2.24, 2.45) is 17.1 Å². The van der Waals surface area contributed by atoms with Crippen LogP contribution in [0.3, 0.4) is 0 Å². The summed E-state index contributed by atoms with van der Waals surface area (Å²) in [6.07, 6.45) is 3.92. The van der Waals surface area contributed by atoms with Crippen LogP contribution >= 0.6 is 0 Å². The molecule has 0 spiro atoms. The second kappa shape index (κ2) is 8.49. The second-order valence-electron chi connectivity index (χ2n) is 6.64. The summed E-state index contributed by atoms with van der Waals surface area (Å²) in [5.41, 5.74) is 5.58. The molecular formula is C16H31N3O2. The first-order chi connectivity index (χ1) is 9.92. The van der Waals surface area contributed by atoms with E-state index in [1.54, 1.807) is 0 Å². The Morgan fingerprint density at radius 1 is 1.24 bits per heavy atom. The molecule has 0 amide bonds. The largest absolute Gasteiger partial charge is 0.370 e. The van der Waals surface area contributed by atoms with Crippen LogP contribution in [-0.4, -0.2) is 23.3 Å². The summed E-state index contributed by atoms with van der Waals surface area (Å²) in [5, 5.41) is 4.12. The van der Waals surface area contributed by atoms with Crippen LogP contribution < -0.4 is 5.73 Å². The Balaban J connectivity index is 2.66. The van der Waals surface area contributed by atoms with Crippen molar-refractivity contribution < 1.29 is 9.26 Å². The molecule has 5 nitrogen and oxygen atoms in total. The van der Waals surface area contributed by atoms with Gasteiger partial charge in [0.15, 0.2) is 0 Å². The van der Waals surface area contributed by atoms with Gasteiger partial charge >= 0.3 is 0 Å². The van der Waals surface area contributed by atoms with E-state index in [1.165, 1.54) is 0 Å². The van der Waals surface area contributed by atoms with Gasteiger partial charge in [-0.15, -0.1) is 0 Å². The maximum atomic E-state index is 5.79. The highest BCUT2D eigenvalue weighted by molar-refractivity contribution is 4.96. The molecule has 0 aromatic carbocycles. The van der Waals surface area contributed by atoms with E-state index in [0.717, 1.165) is 32.2 Å². The van der Waals surface area contributed by atoms with E-state index < -0.39 is 0 Å². The highest BCUT2D eigenvalue weighted by atomic mass is 16.5. The molecule has 122 valence electrons. The Hall–Kier alpha value is -0.940. The number of aryl methyl sites for hydroxylation is 1. The van der Waals surface area contributed by atoms with E-state index >= 15 is 0 Å². The number of rotatable bonds is 9. The van der Waals surface area contributed by atoms with Gasteiger partial charge in [0.25, 0.3) is 0 Å². The predicted molar refractivity (Wildman–Crippen MR) is 83.9 cm³/mol. The van der Waals surface area contributed by atoms with Crippen molar-refractivity contribution in [3.05, 3.63) is 11.7 Å². The molecule has 0 aliphatic carbocycles. The Labute approximate surface area is 128 Å². The molecule has 5 heteroatoms. The van der Waals surface area contributed by atoms with Gasteiger partial charge in [-0.3, -0.25) is 0 Å². The van der Waals surface area contributed by atoms with Gasteiger partial charge in [-0.2, -0.15) is 4.98 Å². The number of aromatic nitrogens is 2. The molecule has 1 rings (SSSR count). The maximum absolute atomic E-state index is 5.79. The Morgan fingerprint density at radius 2 is 1.95 bits per heavy atom. The van der Waals surface area contributed by atoms with Gasteiger partial charge in [-0.25, -0.2) is 0 Å². The third kappa shape index (κ3) is 5.75. The zero-order valence-corrected chi connectivity index (χ0v) is 14.2. The molecule has 0 saturated carbocycles. The van der Waals surface area contributed by atoms with E-state index in [0.29, 0.717) is 24.2 Å². The minimum absolute atomic E-state index is 0.0529. The minimum atomic E-state index is -0.133. The molecule has 1 aromatic heterocycles. The monoisotopic (exact) mass is 297 g/mol. The molecule has 0 aliphatic heterocycles. The topological polar surface area (TPSA) is 74.2 Å². The molecule has 1 heterocycles. The zero-order valence-electron chi connectivity index (χ0n) is 14.2. The number of ether oxygens (including phenoxy) is 1. The fourth-order valence-electron chi connectivity index (χ4n) is 2.47. The molecule has 0 saturated heterocycles. The molecule has 21 heavy (non-hydrogen) atoms. The highest BCUT2D eigenvalue weighted by Crippen LogP contribution is 2.34. The predicted octanol–water partition coefficient (Wildman–Crippen LogP) is 3.50. The van der Waals surface area contributed by atoms with Crippen molar-refractivity contribution in [3.63, 3.8) is 0 Å². The lowest BCUT2D eigenvalue weighted by Gasteiger charge is -2.27. The van der Waals surface area contributed by atoms with Crippen LogP contribution in [0.1, 0.15) is 71.7 Å². The molecule has 0 radical (unpaired) electrons. The first-order valence-electron chi connectivity index (χ1n) is 8.06. The Morgan fingerprint density at radius 3 is 2.48 bits per heavy atom. The maximum Gasteiger partial charge on any atom is 0.226 e. The lowest BCUT2D eigenvalue weighted by atomic mass is 9.88. The summed E-state index contributed by atoms with van der Waals surface area (Å²) in [7, 11) is 0. The Kier molecular flexibility index (Phi) is 7.32. The fraction of sp³-hybridized carbons (Fsp3) is 0.875. The van der Waals surface area contributed by atoms with Gasteiger partial charge in [0.05, 0.1) is 0 Å². The van der Waals surface area contributed by atoms with Crippen molar-refractivity contribution in [1.29, 1.82) is 0 Å². The second-order valence-corrected chi connectivity index (χ2v) is 6.64. The van der Waals surface area contributed by atoms with Gasteiger partial charge in [-0.1, -0.05) is 39.3 Å². The lowest BCUT2D eigenvalue weighted by Crippen LogP contribution is -2.22. The fourth-order valence-corrected chi connectivity index (χ4v) is 2.47. The normalized spacial score (nSPS) is 15.1. The molecule has 0 fully saturated rings. The molecule has 0 bridgehead atoms. The first-order valence-corrected chi connectivity index (χ1v) is 8.06. The summed E-state index contributed by atoms with van der Waals surface area (Å²) in [6, 6.07) is 0. The van der Waals surface area contributed by atoms with Gasteiger partial charge in [0.2, 0.25) is 11.7 Å². The summed E-state index contributed by atoms with van der Waals surface area (Å²) in [5.74, 6) is 2.00. The summed E-state index contributed by atoms with van der Waals surface area (Å²) in [6.45, 7) is 11.9. The van der Waals surface area contributed by atoms with Gasteiger partial charge in [0.1, 0.15) is 6.10 Å². The van der Waals surface area contributed by atoms with Crippen LogP contribution in [0, 0.1) is 11.3 Å². The van der Waals surface area contributed by atoms with Crippen LogP contribution in [0.15, 0.2) is 4.52 Å².